The van der Waals surface area contributed by atoms with Crippen LogP contribution in [0.2, 0.25) is 0 Å². The number of aromatic carboxylic acids is 1. The summed E-state index contributed by atoms with van der Waals surface area (Å²) in [7, 11) is 0. The topological polar surface area (TPSA) is 77.2 Å². The van der Waals surface area contributed by atoms with Crippen molar-refractivity contribution in [2.24, 2.45) is 5.92 Å². The summed E-state index contributed by atoms with van der Waals surface area (Å²) < 4.78 is 86.9. The molecule has 5 rings (SSSR count). The summed E-state index contributed by atoms with van der Waals surface area (Å²) in [4.78, 5) is 15.7. The van der Waals surface area contributed by atoms with E-state index >= 15 is 0 Å². The van der Waals surface area contributed by atoms with Crippen molar-refractivity contribution in [3.05, 3.63) is 94.8 Å². The molecule has 0 unspecified atom stereocenters. The Balaban J connectivity index is 1.34. The Bertz CT molecular complexity index is 1600. The Morgan fingerprint density at radius 2 is 1.67 bits per heavy atom. The monoisotopic (exact) mass is 603 g/mol. The summed E-state index contributed by atoms with van der Waals surface area (Å²) in [5.74, 6) is -2.71. The van der Waals surface area contributed by atoms with E-state index in [0.717, 1.165) is 16.7 Å². The highest BCUT2D eigenvalue weighted by Crippen LogP contribution is 2.43. The van der Waals surface area contributed by atoms with Gasteiger partial charge in [0.15, 0.2) is 11.5 Å². The number of benzene rings is 2. The van der Waals surface area contributed by atoms with Crippen LogP contribution < -0.4 is 4.74 Å². The van der Waals surface area contributed by atoms with Crippen molar-refractivity contribution in [2.45, 2.75) is 57.5 Å². The normalized spacial score (nSPS) is 17.6. The molecule has 0 radical (unpaired) electrons. The zero-order valence-corrected chi connectivity index (χ0v) is 22.9. The highest BCUT2D eigenvalue weighted by Gasteiger charge is 2.42. The largest absolute Gasteiger partial charge is 0.488 e. The van der Waals surface area contributed by atoms with Gasteiger partial charge in [0.25, 0.3) is 0 Å². The van der Waals surface area contributed by atoms with Crippen LogP contribution in [-0.4, -0.2) is 32.0 Å². The van der Waals surface area contributed by atoms with Crippen LogP contribution in [0.5, 0.6) is 5.75 Å². The van der Waals surface area contributed by atoms with Gasteiger partial charge in [0.1, 0.15) is 17.9 Å². The second-order valence-electron chi connectivity index (χ2n) is 10.6. The molecule has 2 aromatic heterocycles. The summed E-state index contributed by atoms with van der Waals surface area (Å²) in [6.07, 6.45) is -7.27. The van der Waals surface area contributed by atoms with E-state index in [-0.39, 0.29) is 31.2 Å². The molecule has 0 aliphatic heterocycles. The maximum atomic E-state index is 13.8. The van der Waals surface area contributed by atoms with E-state index in [1.807, 2.05) is 37.3 Å². The Morgan fingerprint density at radius 3 is 2.30 bits per heavy atom. The van der Waals surface area contributed by atoms with Crippen molar-refractivity contribution in [2.75, 3.05) is 0 Å². The van der Waals surface area contributed by atoms with Crippen molar-refractivity contribution in [1.82, 2.24) is 14.8 Å². The highest BCUT2D eigenvalue weighted by molar-refractivity contribution is 5.89. The maximum Gasteiger partial charge on any atom is 0.434 e. The highest BCUT2D eigenvalue weighted by atomic mass is 19.4. The first kappa shape index (κ1) is 30.1. The molecule has 0 saturated heterocycles. The van der Waals surface area contributed by atoms with Crippen LogP contribution >= 0.6 is 0 Å². The number of halogens is 6. The van der Waals surface area contributed by atoms with Crippen molar-refractivity contribution >= 4 is 5.97 Å². The molecular formula is C31H27F6N3O3. The summed E-state index contributed by atoms with van der Waals surface area (Å²) in [6, 6.07) is 17.3. The van der Waals surface area contributed by atoms with Gasteiger partial charge in [-0.25, -0.2) is 14.5 Å². The van der Waals surface area contributed by atoms with Gasteiger partial charge in [0.05, 0.1) is 17.8 Å². The lowest BCUT2D eigenvalue weighted by Crippen LogP contribution is -2.27. The molecule has 1 saturated carbocycles. The number of nitrogens with zero attached hydrogens (tertiary/aromatic N) is 3. The Labute approximate surface area is 243 Å². The zero-order valence-electron chi connectivity index (χ0n) is 22.9. The average Bonchev–Trinajstić information content (AvgIpc) is 3.43. The third-order valence-corrected chi connectivity index (χ3v) is 7.67. The molecule has 12 heteroatoms. The molecule has 1 aliphatic rings. The smallest absolute Gasteiger partial charge is 0.434 e. The number of alkyl halides is 6. The number of hydrogen-bond acceptors (Lipinski definition) is 4. The number of aryl methyl sites for hydroxylation is 1. The van der Waals surface area contributed by atoms with Gasteiger partial charge < -0.3 is 9.84 Å². The van der Waals surface area contributed by atoms with E-state index in [1.165, 1.54) is 12.1 Å². The molecule has 2 heterocycles. The number of aromatic nitrogens is 3. The average molecular weight is 604 g/mol. The molecule has 4 aromatic rings. The van der Waals surface area contributed by atoms with Crippen LogP contribution in [0.3, 0.4) is 0 Å². The molecule has 0 amide bonds. The Morgan fingerprint density at radius 1 is 0.977 bits per heavy atom. The Kier molecular flexibility index (Phi) is 8.22. The number of carboxylic acid groups (broad SMARTS) is 1. The fourth-order valence-electron chi connectivity index (χ4n) is 5.41. The van der Waals surface area contributed by atoms with Gasteiger partial charge in [0.2, 0.25) is 0 Å². The molecule has 1 N–H and O–H groups in total. The molecule has 0 bridgehead atoms. The van der Waals surface area contributed by atoms with Crippen molar-refractivity contribution in [3.8, 4) is 22.8 Å². The number of rotatable bonds is 7. The summed E-state index contributed by atoms with van der Waals surface area (Å²) in [6.45, 7) is 2.00. The lowest BCUT2D eigenvalue weighted by molar-refractivity contribution is -0.182. The first-order valence-corrected chi connectivity index (χ1v) is 13.6. The molecular weight excluding hydrogens is 576 g/mol. The summed E-state index contributed by atoms with van der Waals surface area (Å²) in [5.41, 5.74) is 1.04. The lowest BCUT2D eigenvalue weighted by atomic mass is 9.78. The van der Waals surface area contributed by atoms with E-state index in [9.17, 15) is 36.2 Å². The van der Waals surface area contributed by atoms with Crippen LogP contribution in [0.15, 0.2) is 66.9 Å². The van der Waals surface area contributed by atoms with Gasteiger partial charge in [-0.3, -0.25) is 0 Å². The van der Waals surface area contributed by atoms with Gasteiger partial charge >= 0.3 is 18.3 Å². The van der Waals surface area contributed by atoms with Crippen LogP contribution in [0.25, 0.3) is 17.1 Å². The van der Waals surface area contributed by atoms with E-state index in [1.54, 1.807) is 18.2 Å². The van der Waals surface area contributed by atoms with E-state index in [0.29, 0.717) is 40.7 Å². The molecule has 43 heavy (non-hydrogen) atoms. The minimum atomic E-state index is -4.99. The third kappa shape index (κ3) is 6.68. The molecule has 1 fully saturated rings. The first-order chi connectivity index (χ1) is 20.3. The van der Waals surface area contributed by atoms with Crippen molar-refractivity contribution < 1.29 is 41.0 Å². The fraction of sp³-hybridized carbons (Fsp3) is 0.323. The van der Waals surface area contributed by atoms with Crippen LogP contribution in [0, 0.1) is 12.8 Å². The van der Waals surface area contributed by atoms with Crippen LogP contribution in [-0.2, 0) is 12.8 Å². The van der Waals surface area contributed by atoms with Gasteiger partial charge in [-0.15, -0.1) is 0 Å². The van der Waals surface area contributed by atoms with Crippen LogP contribution in [0.1, 0.15) is 64.3 Å². The molecule has 6 nitrogen and oxygen atoms in total. The first-order valence-electron chi connectivity index (χ1n) is 13.6. The number of ether oxygens (including phenoxy) is 1. The number of pyridine rings is 1. The van der Waals surface area contributed by atoms with Crippen molar-refractivity contribution in [3.63, 3.8) is 0 Å². The fourth-order valence-corrected chi connectivity index (χ4v) is 5.41. The quantitative estimate of drug-likeness (QED) is 0.215. The Hall–Kier alpha value is -4.35. The number of hydrogen-bond donors (Lipinski definition) is 1. The molecule has 0 atom stereocenters. The maximum absolute atomic E-state index is 13.8. The molecule has 2 aromatic carbocycles. The van der Waals surface area contributed by atoms with Crippen molar-refractivity contribution in [1.29, 1.82) is 0 Å². The standard InChI is InChI=1S/C31H27F6N3O3/c1-18-5-14-26(43-17-19-6-8-20(9-7-19)21-10-12-22(13-11-21)30(32,33)34)23(15-18)25-3-2-4-27(39-25)40-28(31(35,36)37)24(16-38-40)29(41)42/h2-9,14-16,21-22H,10-13,17H2,1H3,(H,41,42)/t21-,22+. The van der Waals surface area contributed by atoms with Gasteiger partial charge in [-0.1, -0.05) is 42.0 Å². The predicted molar refractivity (Wildman–Crippen MR) is 145 cm³/mol. The minimum Gasteiger partial charge on any atom is -0.488 e. The van der Waals surface area contributed by atoms with Crippen LogP contribution in [0.4, 0.5) is 26.3 Å². The molecule has 226 valence electrons. The second-order valence-corrected chi connectivity index (χ2v) is 10.6. The number of carboxylic acids is 1. The van der Waals surface area contributed by atoms with Gasteiger partial charge in [0, 0.05) is 5.56 Å². The zero-order chi connectivity index (χ0) is 30.9. The van der Waals surface area contributed by atoms with E-state index in [4.69, 9.17) is 4.74 Å². The van der Waals surface area contributed by atoms with Gasteiger partial charge in [-0.2, -0.15) is 31.4 Å². The molecule has 0 spiro atoms. The third-order valence-electron chi connectivity index (χ3n) is 7.67. The molecule has 1 aliphatic carbocycles. The minimum absolute atomic E-state index is 0.0786. The van der Waals surface area contributed by atoms with Gasteiger partial charge in [-0.05, 0) is 73.9 Å². The van der Waals surface area contributed by atoms with E-state index in [2.05, 4.69) is 10.1 Å². The predicted octanol–water partition coefficient (Wildman–Crippen LogP) is 8.37. The summed E-state index contributed by atoms with van der Waals surface area (Å²) in [5, 5.41) is 12.9. The summed E-state index contributed by atoms with van der Waals surface area (Å²) >= 11 is 0. The lowest BCUT2D eigenvalue weighted by Gasteiger charge is -2.30. The van der Waals surface area contributed by atoms with E-state index < -0.39 is 35.5 Å². The second kappa shape index (κ2) is 11.7. The number of carbonyl (C=O) groups is 1. The SMILES string of the molecule is Cc1ccc(OCc2ccc([C@H]3CC[C@@H](C(F)(F)F)CC3)cc2)c(-c2cccc(-n3ncc(C(=O)O)c3C(F)(F)F)n2)c1.